The third-order valence-electron chi connectivity index (χ3n) is 6.51. The first-order valence-electron chi connectivity index (χ1n) is 11.9. The fourth-order valence-electron chi connectivity index (χ4n) is 4.07. The van der Waals surface area contributed by atoms with Gasteiger partial charge in [0, 0.05) is 35.5 Å². The molecule has 4 atom stereocenters. The number of hydrogen-bond donors (Lipinski definition) is 2. The van der Waals surface area contributed by atoms with Crippen LogP contribution in [0, 0.1) is 17.3 Å². The Labute approximate surface area is 207 Å². The summed E-state index contributed by atoms with van der Waals surface area (Å²) in [7, 11) is 0. The first kappa shape index (κ1) is 28.1. The van der Waals surface area contributed by atoms with Crippen LogP contribution in [0.2, 0.25) is 0 Å². The van der Waals surface area contributed by atoms with Gasteiger partial charge in [-0.05, 0) is 38.3 Å². The second-order valence-electron chi connectivity index (χ2n) is 10.00. The Morgan fingerprint density at radius 3 is 2.68 bits per heavy atom. The topological polar surface area (TPSA) is 96.7 Å². The summed E-state index contributed by atoms with van der Waals surface area (Å²) in [5.74, 6) is -1.09. The van der Waals surface area contributed by atoms with Crippen molar-refractivity contribution in [2.24, 2.45) is 17.3 Å². The number of carbonyl (C=O) groups is 2. The fraction of sp³-hybridized carbons (Fsp3) is 0.593. The molecule has 0 fully saturated rings. The summed E-state index contributed by atoms with van der Waals surface area (Å²) in [5.41, 5.74) is 1.97. The van der Waals surface area contributed by atoms with Gasteiger partial charge in [-0.1, -0.05) is 51.5 Å². The number of thiazole rings is 1. The largest absolute Gasteiger partial charge is 0.457 e. The van der Waals surface area contributed by atoms with Gasteiger partial charge in [0.1, 0.15) is 16.9 Å². The van der Waals surface area contributed by atoms with Crippen LogP contribution < -0.4 is 0 Å². The molecule has 0 saturated carbocycles. The Bertz CT molecular complexity index is 943. The molecule has 2 N–H and O–H groups in total. The predicted molar refractivity (Wildman–Crippen MR) is 136 cm³/mol. The van der Waals surface area contributed by atoms with E-state index < -0.39 is 23.5 Å². The van der Waals surface area contributed by atoms with Crippen molar-refractivity contribution in [1.82, 2.24) is 4.98 Å². The van der Waals surface area contributed by atoms with E-state index >= 15 is 0 Å². The van der Waals surface area contributed by atoms with Gasteiger partial charge in [0.25, 0.3) is 0 Å². The third-order valence-corrected chi connectivity index (χ3v) is 7.36. The van der Waals surface area contributed by atoms with Gasteiger partial charge in [0.05, 0.1) is 18.4 Å². The molecule has 6 nitrogen and oxygen atoms in total. The lowest BCUT2D eigenvalue weighted by Crippen LogP contribution is -2.38. The maximum absolute atomic E-state index is 13.1. The zero-order valence-electron chi connectivity index (χ0n) is 21.2. The second kappa shape index (κ2) is 12.6. The third kappa shape index (κ3) is 8.00. The number of aliphatic hydroxyl groups is 2. The van der Waals surface area contributed by atoms with Crippen molar-refractivity contribution in [3.63, 3.8) is 0 Å². The Morgan fingerprint density at radius 2 is 2.03 bits per heavy atom. The van der Waals surface area contributed by atoms with E-state index in [1.807, 2.05) is 58.2 Å². The van der Waals surface area contributed by atoms with E-state index in [9.17, 15) is 19.8 Å². The van der Waals surface area contributed by atoms with Crippen molar-refractivity contribution < 1.29 is 24.5 Å². The molecule has 188 valence electrons. The zero-order valence-corrected chi connectivity index (χ0v) is 22.0. The summed E-state index contributed by atoms with van der Waals surface area (Å²) >= 11 is 1.38. The molecule has 2 rings (SSSR count). The van der Waals surface area contributed by atoms with Crippen LogP contribution in [0.1, 0.15) is 77.9 Å². The lowest BCUT2D eigenvalue weighted by molar-refractivity contribution is -0.148. The molecule has 0 spiro atoms. The monoisotopic (exact) mass is 489 g/mol. The van der Waals surface area contributed by atoms with Gasteiger partial charge in [-0.15, -0.1) is 11.3 Å². The number of carbonyl (C=O) groups excluding carboxylic acids is 2. The molecule has 7 heteroatoms. The minimum Gasteiger partial charge on any atom is -0.457 e. The number of Topliss-reactive ketones (excluding diaryl/α,β-unsaturated/α-hetero) is 1. The van der Waals surface area contributed by atoms with Gasteiger partial charge in [0.15, 0.2) is 0 Å². The quantitative estimate of drug-likeness (QED) is 0.444. The van der Waals surface area contributed by atoms with Gasteiger partial charge in [-0.25, -0.2) is 4.98 Å². The lowest BCUT2D eigenvalue weighted by Gasteiger charge is -2.30. The van der Waals surface area contributed by atoms with Crippen molar-refractivity contribution in [2.45, 2.75) is 86.0 Å². The number of esters is 1. The van der Waals surface area contributed by atoms with Crippen molar-refractivity contribution in [3.8, 4) is 0 Å². The van der Waals surface area contributed by atoms with E-state index in [0.29, 0.717) is 24.3 Å². The molecule has 0 aromatic carbocycles. The number of aliphatic hydroxyl groups excluding tert-OH is 2. The minimum atomic E-state index is -0.776. The highest BCUT2D eigenvalue weighted by molar-refractivity contribution is 7.09. The van der Waals surface area contributed by atoms with Crippen LogP contribution >= 0.6 is 11.3 Å². The van der Waals surface area contributed by atoms with Crippen LogP contribution in [0.25, 0.3) is 6.08 Å². The predicted octanol–water partition coefficient (Wildman–Crippen LogP) is 5.26. The molecule has 1 aromatic rings. The Kier molecular flexibility index (Phi) is 10.4. The van der Waals surface area contributed by atoms with Crippen LogP contribution in [0.15, 0.2) is 34.8 Å². The molecule has 1 aliphatic heterocycles. The summed E-state index contributed by atoms with van der Waals surface area (Å²) < 4.78 is 5.86. The first-order chi connectivity index (χ1) is 15.9. The number of ether oxygens (including phenoxy) is 1. The normalized spacial score (nSPS) is 30.4. The van der Waals surface area contributed by atoms with Gasteiger partial charge >= 0.3 is 5.97 Å². The fourth-order valence-corrected chi connectivity index (χ4v) is 4.68. The molecular weight excluding hydrogens is 450 g/mol. The molecule has 0 bridgehead atoms. The number of nitrogens with zero attached hydrogens (tertiary/aromatic N) is 1. The number of hydrogen-bond acceptors (Lipinski definition) is 7. The Balaban J connectivity index is 2.31. The molecular formula is C27H39NO5S. The summed E-state index contributed by atoms with van der Waals surface area (Å²) in [6.07, 6.45) is 8.42. The molecule has 2 heterocycles. The highest BCUT2D eigenvalue weighted by Crippen LogP contribution is 2.31. The first-order valence-corrected chi connectivity index (χ1v) is 12.8. The average molecular weight is 490 g/mol. The van der Waals surface area contributed by atoms with E-state index in [0.717, 1.165) is 16.8 Å². The van der Waals surface area contributed by atoms with Crippen LogP contribution in [0.5, 0.6) is 0 Å². The number of rotatable bonds is 3. The number of ketones is 1. The van der Waals surface area contributed by atoms with Gasteiger partial charge in [-0.3, -0.25) is 9.59 Å². The van der Waals surface area contributed by atoms with E-state index in [4.69, 9.17) is 4.74 Å². The van der Waals surface area contributed by atoms with Crippen LogP contribution in [-0.2, 0) is 20.9 Å². The van der Waals surface area contributed by atoms with E-state index in [2.05, 4.69) is 11.1 Å². The van der Waals surface area contributed by atoms with Crippen molar-refractivity contribution >= 4 is 29.2 Å². The molecule has 1 aromatic heterocycles. The molecule has 34 heavy (non-hydrogen) atoms. The van der Waals surface area contributed by atoms with Crippen molar-refractivity contribution in [1.29, 1.82) is 0 Å². The van der Waals surface area contributed by atoms with Crippen molar-refractivity contribution in [3.05, 3.63) is 45.5 Å². The van der Waals surface area contributed by atoms with Gasteiger partial charge in [0.2, 0.25) is 0 Å². The minimum absolute atomic E-state index is 0.0490. The number of allylic oxidation sites excluding steroid dienone is 2. The maximum Gasteiger partial charge on any atom is 0.306 e. The van der Waals surface area contributed by atoms with Crippen LogP contribution in [0.3, 0.4) is 0 Å². The molecule has 0 saturated heterocycles. The average Bonchev–Trinajstić information content (AvgIpc) is 3.25. The highest BCUT2D eigenvalue weighted by Gasteiger charge is 2.36. The summed E-state index contributed by atoms with van der Waals surface area (Å²) in [4.78, 5) is 30.2. The van der Waals surface area contributed by atoms with E-state index in [1.54, 1.807) is 6.92 Å². The van der Waals surface area contributed by atoms with Crippen molar-refractivity contribution in [2.75, 3.05) is 0 Å². The van der Waals surface area contributed by atoms with E-state index in [-0.39, 0.29) is 30.7 Å². The van der Waals surface area contributed by atoms with E-state index in [1.165, 1.54) is 11.3 Å². The lowest BCUT2D eigenvalue weighted by atomic mass is 9.75. The summed E-state index contributed by atoms with van der Waals surface area (Å²) in [6, 6.07) is 0. The smallest absolute Gasteiger partial charge is 0.306 e. The molecule has 0 aliphatic carbocycles. The summed E-state index contributed by atoms with van der Waals surface area (Å²) in [5, 5.41) is 22.5. The molecule has 0 radical (unpaired) electrons. The Hall–Kier alpha value is -2.09. The SMILES string of the molecule is C/C1=C/C[C@@H](/C(C)=C/c2csc(CO)n2)OC(=O)CCC(C)(C)C(=O)[C@H](C)[C@@H](O)[C@@H](C)/C=C/C1. The standard InChI is InChI=1S/C27H39NO5S/c1-17-8-7-9-18(2)25(31)20(4)26(32)27(5,6)13-12-24(30)33-22(11-10-17)19(3)14-21-16-34-23(15-29)28-21/h7,9-10,14,16,18,20,22,25,29,31H,8,11-13,15H2,1-6H3/b9-7+,17-10-,19-14+/t18-,20+,22-,25-/m0/s1. The number of aromatic nitrogens is 1. The molecule has 0 unspecified atom stereocenters. The molecule has 0 amide bonds. The van der Waals surface area contributed by atoms with Gasteiger partial charge < -0.3 is 14.9 Å². The van der Waals surface area contributed by atoms with Crippen LogP contribution in [-0.4, -0.2) is 39.2 Å². The highest BCUT2D eigenvalue weighted by atomic mass is 32.1. The Morgan fingerprint density at radius 1 is 1.32 bits per heavy atom. The summed E-state index contributed by atoms with van der Waals surface area (Å²) in [6.45, 7) is 11.2. The zero-order chi connectivity index (χ0) is 25.5. The molecule has 1 aliphatic rings. The number of cyclic esters (lactones) is 1. The van der Waals surface area contributed by atoms with Gasteiger partial charge in [-0.2, -0.15) is 0 Å². The second-order valence-corrected chi connectivity index (χ2v) is 10.9. The maximum atomic E-state index is 13.1. The van der Waals surface area contributed by atoms with Crippen LogP contribution in [0.4, 0.5) is 0 Å².